The Morgan fingerprint density at radius 2 is 1.06 bits per heavy atom. The summed E-state index contributed by atoms with van der Waals surface area (Å²) in [6.07, 6.45) is 0. The molecule has 2 aromatic carbocycles. The van der Waals surface area contributed by atoms with Crippen molar-refractivity contribution >= 4 is 5.78 Å². The number of ketones is 1. The minimum Gasteiger partial charge on any atom is -0.293 e. The first kappa shape index (κ1) is 16.3. The Morgan fingerprint density at radius 1 is 0.750 bits per heavy atom. The van der Waals surface area contributed by atoms with E-state index in [0.717, 1.165) is 0 Å². The first-order valence-electron chi connectivity index (χ1n) is 4.35. The smallest absolute Gasteiger partial charge is 0.145 e. The first-order chi connectivity index (χ1) is 6.88. The molecule has 0 aliphatic carbocycles. The Labute approximate surface area is 146 Å². The van der Waals surface area contributed by atoms with Crippen LogP contribution in [0.25, 0.3) is 0 Å². The zero-order chi connectivity index (χ0) is 9.80. The summed E-state index contributed by atoms with van der Waals surface area (Å²) in [5.41, 5.74) is 1.38. The second kappa shape index (κ2) is 8.41. The second-order valence-electron chi connectivity index (χ2n) is 2.91. The Kier molecular flexibility index (Phi) is 8.58. The number of carbonyl (C=O) groups is 1. The Hall–Kier alpha value is 0.318. The van der Waals surface area contributed by atoms with E-state index in [4.69, 9.17) is 0 Å². The van der Waals surface area contributed by atoms with Gasteiger partial charge in [0, 0.05) is 65.4 Å². The van der Waals surface area contributed by atoms with E-state index in [2.05, 4.69) is 12.1 Å². The third kappa shape index (κ3) is 4.29. The van der Waals surface area contributed by atoms with Gasteiger partial charge in [0.25, 0.3) is 0 Å². The molecule has 0 spiro atoms. The Bertz CT molecular complexity index is 385. The zero-order valence-corrected chi connectivity index (χ0v) is 14.4. The maximum atomic E-state index is 11.8. The fourth-order valence-corrected chi connectivity index (χ4v) is 1.24. The molecule has 16 heavy (non-hydrogen) atoms. The van der Waals surface area contributed by atoms with E-state index in [1.165, 1.54) is 0 Å². The largest absolute Gasteiger partial charge is 0.293 e. The second-order valence-corrected chi connectivity index (χ2v) is 2.91. The molecule has 0 aromatic heterocycles. The fraction of sp³-hybridized carbons (Fsp3) is 0. The van der Waals surface area contributed by atoms with Crippen LogP contribution in [-0.2, 0) is 65.4 Å². The topological polar surface area (TPSA) is 17.1 Å². The maximum absolute atomic E-state index is 11.8. The quantitative estimate of drug-likeness (QED) is 0.596. The number of benzene rings is 2. The molecule has 0 amide bonds. The molecular weight excluding hydrogens is 350 g/mol. The van der Waals surface area contributed by atoms with Gasteiger partial charge in [0.15, 0.2) is 0 Å². The monoisotopic (exact) mass is 358 g/mol. The van der Waals surface area contributed by atoms with Gasteiger partial charge in [-0.05, 0) is 0 Å². The predicted molar refractivity (Wildman–Crippen MR) is 54.0 cm³/mol. The average Bonchev–Trinajstić information content (AvgIpc) is 2.30. The first-order valence-corrected chi connectivity index (χ1v) is 4.35. The van der Waals surface area contributed by atoms with Crippen LogP contribution in [0.15, 0.2) is 48.5 Å². The molecule has 74 valence electrons. The van der Waals surface area contributed by atoms with E-state index in [-0.39, 0.29) is 71.2 Å². The molecule has 0 aliphatic rings. The summed E-state index contributed by atoms with van der Waals surface area (Å²) in [5.74, 6) is 0.0352. The van der Waals surface area contributed by atoms with E-state index < -0.39 is 0 Å². The minimum atomic E-state index is 0. The number of carbonyl (C=O) groups excluding carboxylic acids is 1. The van der Waals surface area contributed by atoms with Gasteiger partial charge in [-0.15, -0.1) is 0 Å². The summed E-state index contributed by atoms with van der Waals surface area (Å²) in [4.78, 5) is 11.8. The predicted octanol–water partition coefficient (Wildman–Crippen LogP) is 2.51. The van der Waals surface area contributed by atoms with Crippen LogP contribution in [0.1, 0.15) is 15.9 Å². The van der Waals surface area contributed by atoms with Crippen molar-refractivity contribution in [2.45, 2.75) is 0 Å². The van der Waals surface area contributed by atoms with Crippen LogP contribution in [-0.4, -0.2) is 5.78 Å². The molecule has 0 saturated heterocycles. The van der Waals surface area contributed by atoms with E-state index >= 15 is 0 Å². The van der Waals surface area contributed by atoms with Gasteiger partial charge < -0.3 is 0 Å². The third-order valence-corrected chi connectivity index (χ3v) is 1.96. The van der Waals surface area contributed by atoms with Crippen LogP contribution in [0.3, 0.4) is 0 Å². The van der Waals surface area contributed by atoms with Crippen LogP contribution >= 0.6 is 0 Å². The molecule has 3 heteroatoms. The average molecular weight is 358 g/mol. The summed E-state index contributed by atoms with van der Waals surface area (Å²) in [7, 11) is 0. The molecule has 0 atom stereocenters. The Balaban J connectivity index is 0.00000112. The SMILES string of the molecule is O=C(c1cc[c-]cc1)c1cc[c-]cc1.[Y].[Y]. The number of rotatable bonds is 2. The van der Waals surface area contributed by atoms with Gasteiger partial charge in [-0.25, -0.2) is 0 Å². The zero-order valence-electron chi connectivity index (χ0n) is 8.68. The molecule has 0 N–H and O–H groups in total. The maximum Gasteiger partial charge on any atom is 0.145 e. The van der Waals surface area contributed by atoms with E-state index in [0.29, 0.717) is 11.1 Å². The van der Waals surface area contributed by atoms with Crippen molar-refractivity contribution < 1.29 is 70.2 Å². The summed E-state index contributed by atoms with van der Waals surface area (Å²) in [6, 6.07) is 19.8. The van der Waals surface area contributed by atoms with Gasteiger partial charge in [-0.2, -0.15) is 60.7 Å². The number of hydrogen-bond donors (Lipinski definition) is 0. The molecule has 2 rings (SSSR count). The Morgan fingerprint density at radius 3 is 1.38 bits per heavy atom. The van der Waals surface area contributed by atoms with Gasteiger partial charge >= 0.3 is 0 Å². The third-order valence-electron chi connectivity index (χ3n) is 1.96. The summed E-state index contributed by atoms with van der Waals surface area (Å²) >= 11 is 0. The van der Waals surface area contributed by atoms with Crippen molar-refractivity contribution in [3.63, 3.8) is 0 Å². The van der Waals surface area contributed by atoms with E-state index in [9.17, 15) is 4.79 Å². The standard InChI is InChI=1S/C13H8O.2Y/c14-13(11-7-3-1-4-8-11)12-9-5-2-6-10-12;;/h3-10H;;/q-2;;. The number of hydrogen-bond acceptors (Lipinski definition) is 1. The fourth-order valence-electron chi connectivity index (χ4n) is 1.24. The summed E-state index contributed by atoms with van der Waals surface area (Å²) in [5, 5.41) is 0. The molecule has 0 heterocycles. The van der Waals surface area contributed by atoms with Crippen LogP contribution in [0, 0.1) is 12.1 Å². The van der Waals surface area contributed by atoms with Crippen molar-refractivity contribution in [2.75, 3.05) is 0 Å². The molecule has 0 bridgehead atoms. The molecule has 2 radical (unpaired) electrons. The molecule has 0 saturated carbocycles. The van der Waals surface area contributed by atoms with Gasteiger partial charge in [0.05, 0.1) is 0 Å². The van der Waals surface area contributed by atoms with Crippen LogP contribution in [0.5, 0.6) is 0 Å². The summed E-state index contributed by atoms with van der Waals surface area (Å²) < 4.78 is 0. The molecule has 0 aliphatic heterocycles. The van der Waals surface area contributed by atoms with Gasteiger partial charge in [-0.1, -0.05) is 11.1 Å². The van der Waals surface area contributed by atoms with Crippen LogP contribution in [0.2, 0.25) is 0 Å². The molecular formula is C13H8OY2-2. The van der Waals surface area contributed by atoms with Crippen molar-refractivity contribution in [3.05, 3.63) is 71.8 Å². The molecule has 0 fully saturated rings. The van der Waals surface area contributed by atoms with Crippen molar-refractivity contribution in [3.8, 4) is 0 Å². The van der Waals surface area contributed by atoms with Gasteiger partial charge in [-0.3, -0.25) is 4.79 Å². The van der Waals surface area contributed by atoms with Crippen molar-refractivity contribution in [2.24, 2.45) is 0 Å². The van der Waals surface area contributed by atoms with Crippen LogP contribution in [0.4, 0.5) is 0 Å². The van der Waals surface area contributed by atoms with E-state index in [1.54, 1.807) is 48.5 Å². The molecule has 1 nitrogen and oxygen atoms in total. The van der Waals surface area contributed by atoms with Crippen molar-refractivity contribution in [1.29, 1.82) is 0 Å². The van der Waals surface area contributed by atoms with E-state index in [1.807, 2.05) is 0 Å². The molecule has 0 unspecified atom stereocenters. The minimum absolute atomic E-state index is 0. The van der Waals surface area contributed by atoms with Crippen molar-refractivity contribution in [1.82, 2.24) is 0 Å². The van der Waals surface area contributed by atoms with Crippen LogP contribution < -0.4 is 0 Å². The van der Waals surface area contributed by atoms with Gasteiger partial charge in [0.2, 0.25) is 0 Å². The normalized spacial score (nSPS) is 8.50. The molecule has 2 aromatic rings. The summed E-state index contributed by atoms with van der Waals surface area (Å²) in [6.45, 7) is 0. The van der Waals surface area contributed by atoms with Gasteiger partial charge in [0.1, 0.15) is 5.78 Å².